The number of hydrogen-bond donors (Lipinski definition) is 3. The monoisotopic (exact) mass is 357 g/mol. The summed E-state index contributed by atoms with van der Waals surface area (Å²) < 4.78 is 0. The van der Waals surface area contributed by atoms with Gasteiger partial charge in [-0.25, -0.2) is 0 Å². The molecule has 0 saturated carbocycles. The van der Waals surface area contributed by atoms with Crippen LogP contribution in [-0.4, -0.2) is 23.9 Å². The molecule has 142 valence electrons. The fourth-order valence-electron chi connectivity index (χ4n) is 3.96. The van der Waals surface area contributed by atoms with Crippen molar-refractivity contribution in [3.8, 4) is 0 Å². The highest BCUT2D eigenvalue weighted by Crippen LogP contribution is 2.33. The van der Waals surface area contributed by atoms with E-state index in [2.05, 4.69) is 16.0 Å². The summed E-state index contributed by atoms with van der Waals surface area (Å²) in [6, 6.07) is 6.86. The maximum absolute atomic E-state index is 12.5. The molecule has 0 aromatic heterocycles. The fourth-order valence-corrected chi connectivity index (χ4v) is 3.96. The van der Waals surface area contributed by atoms with Gasteiger partial charge in [-0.2, -0.15) is 0 Å². The summed E-state index contributed by atoms with van der Waals surface area (Å²) in [5.41, 5.74) is 2.03. The number of benzene rings is 1. The van der Waals surface area contributed by atoms with E-state index < -0.39 is 5.41 Å². The second kappa shape index (κ2) is 7.39. The number of fused-ring (bicyclic) bond motifs is 2. The molecule has 2 unspecified atom stereocenters. The molecule has 0 radical (unpaired) electrons. The first kappa shape index (κ1) is 18.9. The van der Waals surface area contributed by atoms with E-state index in [0.29, 0.717) is 30.1 Å². The highest BCUT2D eigenvalue weighted by atomic mass is 16.2. The molecular formula is C21H31N3O2. The zero-order chi connectivity index (χ0) is 18.9. The Balaban J connectivity index is 1.60. The van der Waals surface area contributed by atoms with E-state index in [1.807, 2.05) is 45.9 Å². The third-order valence-corrected chi connectivity index (χ3v) is 5.50. The van der Waals surface area contributed by atoms with Crippen molar-refractivity contribution < 1.29 is 9.59 Å². The fraction of sp³-hybridized carbons (Fsp3) is 0.619. The number of hydrogen-bond acceptors (Lipinski definition) is 3. The van der Waals surface area contributed by atoms with Crippen LogP contribution in [0.5, 0.6) is 0 Å². The molecule has 2 heterocycles. The van der Waals surface area contributed by atoms with Crippen molar-refractivity contribution in [2.75, 3.05) is 10.6 Å². The first-order valence-corrected chi connectivity index (χ1v) is 9.68. The van der Waals surface area contributed by atoms with Gasteiger partial charge in [0, 0.05) is 35.3 Å². The molecule has 2 amide bonds. The lowest BCUT2D eigenvalue weighted by Crippen LogP contribution is -2.39. The molecule has 1 aromatic carbocycles. The van der Waals surface area contributed by atoms with Gasteiger partial charge in [0.15, 0.2) is 0 Å². The molecule has 2 bridgehead atoms. The van der Waals surface area contributed by atoms with Crippen molar-refractivity contribution in [1.82, 2.24) is 5.32 Å². The van der Waals surface area contributed by atoms with E-state index >= 15 is 0 Å². The Bertz CT molecular complexity index is 681. The molecule has 5 heteroatoms. The second-order valence-electron chi connectivity index (χ2n) is 8.96. The minimum atomic E-state index is -0.456. The molecule has 2 atom stereocenters. The topological polar surface area (TPSA) is 70.2 Å². The summed E-state index contributed by atoms with van der Waals surface area (Å²) >= 11 is 0. The zero-order valence-electron chi connectivity index (χ0n) is 16.3. The number of anilines is 2. The summed E-state index contributed by atoms with van der Waals surface area (Å²) in [6.07, 6.45) is 5.27. The molecule has 0 aliphatic carbocycles. The Morgan fingerprint density at radius 2 is 1.77 bits per heavy atom. The summed E-state index contributed by atoms with van der Waals surface area (Å²) in [7, 11) is 0. The molecule has 26 heavy (non-hydrogen) atoms. The van der Waals surface area contributed by atoms with Crippen LogP contribution in [0.3, 0.4) is 0 Å². The van der Waals surface area contributed by atoms with E-state index in [4.69, 9.17) is 0 Å². The van der Waals surface area contributed by atoms with Crippen molar-refractivity contribution in [1.29, 1.82) is 0 Å². The van der Waals surface area contributed by atoms with Crippen LogP contribution in [0.4, 0.5) is 11.4 Å². The SMILES string of the molecule is Cc1ccc(NC(=O)C(C)(C)C)cc1NC(=O)CC1CC2CCC(C1)N2. The highest BCUT2D eigenvalue weighted by molar-refractivity contribution is 5.96. The zero-order valence-corrected chi connectivity index (χ0v) is 16.3. The van der Waals surface area contributed by atoms with Crippen LogP contribution in [-0.2, 0) is 9.59 Å². The second-order valence-corrected chi connectivity index (χ2v) is 8.96. The number of nitrogens with one attached hydrogen (secondary N) is 3. The van der Waals surface area contributed by atoms with E-state index in [0.717, 1.165) is 24.1 Å². The van der Waals surface area contributed by atoms with E-state index in [9.17, 15) is 9.59 Å². The van der Waals surface area contributed by atoms with Crippen molar-refractivity contribution in [3.63, 3.8) is 0 Å². The largest absolute Gasteiger partial charge is 0.326 e. The van der Waals surface area contributed by atoms with Gasteiger partial charge in [0.2, 0.25) is 11.8 Å². The summed E-state index contributed by atoms with van der Waals surface area (Å²) in [6.45, 7) is 7.61. The van der Waals surface area contributed by atoms with Crippen molar-refractivity contribution in [3.05, 3.63) is 23.8 Å². The first-order valence-electron chi connectivity index (χ1n) is 9.68. The van der Waals surface area contributed by atoms with Gasteiger partial charge >= 0.3 is 0 Å². The summed E-state index contributed by atoms with van der Waals surface area (Å²) in [5, 5.41) is 9.59. The highest BCUT2D eigenvalue weighted by Gasteiger charge is 2.34. The summed E-state index contributed by atoms with van der Waals surface area (Å²) in [5.74, 6) is 0.500. The van der Waals surface area contributed by atoms with Crippen LogP contribution >= 0.6 is 0 Å². The van der Waals surface area contributed by atoms with Gasteiger partial charge in [-0.05, 0) is 56.2 Å². The molecule has 3 N–H and O–H groups in total. The molecule has 5 nitrogen and oxygen atoms in total. The Hall–Kier alpha value is -1.88. The van der Waals surface area contributed by atoms with Crippen molar-refractivity contribution >= 4 is 23.2 Å². The van der Waals surface area contributed by atoms with Crippen LogP contribution in [0.1, 0.15) is 58.4 Å². The number of carbonyl (C=O) groups excluding carboxylic acids is 2. The predicted octanol–water partition coefficient (Wildman–Crippen LogP) is 3.84. The first-order chi connectivity index (χ1) is 12.2. The minimum Gasteiger partial charge on any atom is -0.326 e. The molecule has 2 aliphatic heterocycles. The normalized spacial score (nSPS) is 25.0. The smallest absolute Gasteiger partial charge is 0.229 e. The Kier molecular flexibility index (Phi) is 5.37. The Morgan fingerprint density at radius 1 is 1.12 bits per heavy atom. The van der Waals surface area contributed by atoms with Crippen LogP contribution < -0.4 is 16.0 Å². The predicted molar refractivity (Wildman–Crippen MR) is 105 cm³/mol. The molecule has 3 rings (SSSR count). The summed E-state index contributed by atoms with van der Waals surface area (Å²) in [4.78, 5) is 24.7. The van der Waals surface area contributed by atoms with Crippen molar-refractivity contribution in [2.24, 2.45) is 11.3 Å². The number of aryl methyl sites for hydroxylation is 1. The molecule has 0 spiro atoms. The third kappa shape index (κ3) is 4.64. The average molecular weight is 357 g/mol. The van der Waals surface area contributed by atoms with Gasteiger partial charge < -0.3 is 16.0 Å². The van der Waals surface area contributed by atoms with Crippen LogP contribution in [0.25, 0.3) is 0 Å². The van der Waals surface area contributed by atoms with Crippen LogP contribution in [0, 0.1) is 18.3 Å². The maximum Gasteiger partial charge on any atom is 0.229 e. The molecule has 2 saturated heterocycles. The number of piperidine rings is 1. The number of carbonyl (C=O) groups is 2. The quantitative estimate of drug-likeness (QED) is 0.767. The average Bonchev–Trinajstić information content (AvgIpc) is 2.88. The van der Waals surface area contributed by atoms with Gasteiger partial charge in [-0.3, -0.25) is 9.59 Å². The molecule has 2 aliphatic rings. The maximum atomic E-state index is 12.5. The third-order valence-electron chi connectivity index (χ3n) is 5.50. The lowest BCUT2D eigenvalue weighted by molar-refractivity contribution is -0.123. The lowest BCUT2D eigenvalue weighted by Gasteiger charge is -2.28. The van der Waals surface area contributed by atoms with Gasteiger partial charge in [0.05, 0.1) is 0 Å². The molecule has 1 aromatic rings. The number of rotatable bonds is 4. The Labute approximate surface area is 156 Å². The molecular weight excluding hydrogens is 326 g/mol. The van der Waals surface area contributed by atoms with E-state index in [1.54, 1.807) is 0 Å². The van der Waals surface area contributed by atoms with E-state index in [1.165, 1.54) is 12.8 Å². The van der Waals surface area contributed by atoms with Gasteiger partial charge in [0.1, 0.15) is 0 Å². The standard InChI is InChI=1S/C21H31N3O2/c1-13-5-6-17(23-20(26)21(2,3)4)12-18(13)24-19(25)11-14-9-15-7-8-16(10-14)22-15/h5-6,12,14-16,22H,7-11H2,1-4H3,(H,23,26)(H,24,25). The van der Waals surface area contributed by atoms with E-state index in [-0.39, 0.29) is 11.8 Å². The van der Waals surface area contributed by atoms with Gasteiger partial charge in [0.25, 0.3) is 0 Å². The minimum absolute atomic E-state index is 0.0381. The van der Waals surface area contributed by atoms with Crippen LogP contribution in [0.15, 0.2) is 18.2 Å². The Morgan fingerprint density at radius 3 is 2.38 bits per heavy atom. The van der Waals surface area contributed by atoms with Crippen molar-refractivity contribution in [2.45, 2.75) is 71.9 Å². The van der Waals surface area contributed by atoms with Crippen LogP contribution in [0.2, 0.25) is 0 Å². The number of amides is 2. The lowest BCUT2D eigenvalue weighted by atomic mass is 9.89. The molecule has 2 fully saturated rings. The van der Waals surface area contributed by atoms with Gasteiger partial charge in [-0.1, -0.05) is 26.8 Å². The van der Waals surface area contributed by atoms with Gasteiger partial charge in [-0.15, -0.1) is 0 Å².